The van der Waals surface area contributed by atoms with Gasteiger partial charge in [0.25, 0.3) is 11.8 Å². The Hall–Kier alpha value is -4.42. The highest BCUT2D eigenvalue weighted by molar-refractivity contribution is 6.21. The van der Waals surface area contributed by atoms with Crippen LogP contribution in [0.1, 0.15) is 41.4 Å². The van der Waals surface area contributed by atoms with Gasteiger partial charge in [0.15, 0.2) is 12.4 Å². The molecule has 2 N–H and O–H groups in total. The van der Waals surface area contributed by atoms with Crippen LogP contribution in [0.5, 0.6) is 0 Å². The number of benzene rings is 3. The van der Waals surface area contributed by atoms with Crippen molar-refractivity contribution in [3.8, 4) is 0 Å². The molecule has 0 radical (unpaired) electrons. The number of aliphatic hydroxyl groups excluding tert-OH is 2. The molecule has 2 amide bonds. The van der Waals surface area contributed by atoms with Crippen molar-refractivity contribution in [1.82, 2.24) is 4.90 Å². The van der Waals surface area contributed by atoms with Gasteiger partial charge in [-0.25, -0.2) is 14.5 Å². The van der Waals surface area contributed by atoms with Gasteiger partial charge in [-0.05, 0) is 36.4 Å². The fraction of sp³-hybridized carbons (Fsp3) is 0.241. The summed E-state index contributed by atoms with van der Waals surface area (Å²) in [6.45, 7) is -1.07. The average Bonchev–Trinajstić information content (AvgIpc) is 3.24. The molecule has 5 rings (SSSR count). The summed E-state index contributed by atoms with van der Waals surface area (Å²) in [5.41, 5.74) is 0.864. The van der Waals surface area contributed by atoms with Gasteiger partial charge in [0.2, 0.25) is 0 Å². The third kappa shape index (κ3) is 5.49. The van der Waals surface area contributed by atoms with Crippen LogP contribution in [0.15, 0.2) is 84.9 Å². The van der Waals surface area contributed by atoms with Crippen molar-refractivity contribution in [2.75, 3.05) is 13.3 Å². The zero-order valence-electron chi connectivity index (χ0n) is 21.0. The molecule has 11 nitrogen and oxygen atoms in total. The van der Waals surface area contributed by atoms with Gasteiger partial charge >= 0.3 is 11.9 Å². The molecule has 40 heavy (non-hydrogen) atoms. The minimum atomic E-state index is -1.75. The molecular formula is C29H25NO10. The van der Waals surface area contributed by atoms with E-state index in [1.807, 2.05) is 0 Å². The third-order valence-corrected chi connectivity index (χ3v) is 6.53. The maximum atomic E-state index is 12.7. The van der Waals surface area contributed by atoms with Crippen LogP contribution < -0.4 is 0 Å². The van der Waals surface area contributed by atoms with Crippen LogP contribution in [0.3, 0.4) is 0 Å². The molecule has 0 aliphatic carbocycles. The van der Waals surface area contributed by atoms with E-state index in [-0.39, 0.29) is 22.3 Å². The molecule has 0 unspecified atom stereocenters. The number of aliphatic hydroxyl groups is 2. The van der Waals surface area contributed by atoms with Crippen molar-refractivity contribution in [2.24, 2.45) is 0 Å². The van der Waals surface area contributed by atoms with E-state index >= 15 is 0 Å². The first kappa shape index (κ1) is 27.2. The second-order valence-electron chi connectivity index (χ2n) is 9.10. The summed E-state index contributed by atoms with van der Waals surface area (Å²) in [5, 5.41) is 21.7. The lowest BCUT2D eigenvalue weighted by atomic mass is 9.98. The molecule has 2 aliphatic rings. The fourth-order valence-electron chi connectivity index (χ4n) is 4.41. The summed E-state index contributed by atoms with van der Waals surface area (Å²) in [6, 6.07) is 22.4. The molecule has 0 spiro atoms. The maximum absolute atomic E-state index is 12.7. The summed E-state index contributed by atoms with van der Waals surface area (Å²) >= 11 is 0. The zero-order valence-corrected chi connectivity index (χ0v) is 21.0. The largest absolute Gasteiger partial charge is 0.459 e. The number of rotatable bonds is 8. The van der Waals surface area contributed by atoms with Crippen LogP contribution in [0.25, 0.3) is 0 Å². The molecule has 11 heteroatoms. The van der Waals surface area contributed by atoms with Crippen molar-refractivity contribution in [2.45, 2.75) is 30.7 Å². The molecule has 2 heterocycles. The van der Waals surface area contributed by atoms with Gasteiger partial charge in [-0.3, -0.25) is 9.59 Å². The molecule has 1 saturated heterocycles. The number of hydrogen-bond acceptors (Lipinski definition) is 10. The zero-order chi connectivity index (χ0) is 28.2. The van der Waals surface area contributed by atoms with Crippen molar-refractivity contribution in [3.05, 3.63) is 107 Å². The highest BCUT2D eigenvalue weighted by Crippen LogP contribution is 2.28. The van der Waals surface area contributed by atoms with Crippen molar-refractivity contribution >= 4 is 23.8 Å². The van der Waals surface area contributed by atoms with E-state index < -0.39 is 67.8 Å². The average molecular weight is 548 g/mol. The minimum Gasteiger partial charge on any atom is -0.459 e. The van der Waals surface area contributed by atoms with Crippen molar-refractivity contribution < 1.29 is 48.3 Å². The predicted octanol–water partition coefficient (Wildman–Crippen LogP) is 1.79. The number of carbonyl (C=O) groups is 4. The lowest BCUT2D eigenvalue weighted by molar-refractivity contribution is -0.304. The smallest absolute Gasteiger partial charge is 0.338 e. The highest BCUT2D eigenvalue weighted by Gasteiger charge is 2.48. The van der Waals surface area contributed by atoms with E-state index in [4.69, 9.17) is 18.9 Å². The van der Waals surface area contributed by atoms with E-state index in [0.29, 0.717) is 0 Å². The Kier molecular flexibility index (Phi) is 7.99. The standard InChI is InChI=1S/C29H25NO10/c31-22-23(32)29(38-16-30-25(33)19-13-7-8-14-20(19)26(30)34)39-21(15-37-27(35)17-9-3-1-4-10-17)24(22)40-28(36)18-11-5-2-6-12-18/h1-14,21-24,29,31-32H,15-16H2/t21-,22-,23+,24-,29+/m1/s1. The summed E-state index contributed by atoms with van der Waals surface area (Å²) in [5.74, 6) is -2.67. The summed E-state index contributed by atoms with van der Waals surface area (Å²) in [4.78, 5) is 51.4. The Balaban J connectivity index is 1.31. The van der Waals surface area contributed by atoms with E-state index in [2.05, 4.69) is 0 Å². The van der Waals surface area contributed by atoms with Crippen LogP contribution in [0.2, 0.25) is 0 Å². The first-order valence-electron chi connectivity index (χ1n) is 12.4. The molecule has 0 saturated carbocycles. The van der Waals surface area contributed by atoms with E-state index in [1.54, 1.807) is 60.7 Å². The first-order valence-corrected chi connectivity index (χ1v) is 12.4. The van der Waals surface area contributed by atoms with Gasteiger partial charge in [0.1, 0.15) is 31.6 Å². The van der Waals surface area contributed by atoms with E-state index in [1.165, 1.54) is 24.3 Å². The van der Waals surface area contributed by atoms with Crippen LogP contribution in [0, 0.1) is 0 Å². The molecule has 2 aliphatic heterocycles. The number of amides is 2. The van der Waals surface area contributed by atoms with Gasteiger partial charge in [-0.2, -0.15) is 0 Å². The number of fused-ring (bicyclic) bond motifs is 1. The molecule has 0 aromatic heterocycles. The predicted molar refractivity (Wildman–Crippen MR) is 136 cm³/mol. The lowest BCUT2D eigenvalue weighted by Gasteiger charge is -2.41. The van der Waals surface area contributed by atoms with Gasteiger partial charge in [0, 0.05) is 0 Å². The number of carbonyl (C=O) groups excluding carboxylic acids is 4. The van der Waals surface area contributed by atoms with Gasteiger partial charge in [-0.15, -0.1) is 0 Å². The van der Waals surface area contributed by atoms with Gasteiger partial charge < -0.3 is 29.2 Å². The minimum absolute atomic E-state index is 0.188. The third-order valence-electron chi connectivity index (χ3n) is 6.53. The Morgan fingerprint density at radius 2 is 1.27 bits per heavy atom. The van der Waals surface area contributed by atoms with E-state index in [9.17, 15) is 29.4 Å². The number of imide groups is 1. The van der Waals surface area contributed by atoms with Crippen molar-refractivity contribution in [3.63, 3.8) is 0 Å². The molecule has 1 fully saturated rings. The topological polar surface area (TPSA) is 149 Å². The fourth-order valence-corrected chi connectivity index (χ4v) is 4.41. The van der Waals surface area contributed by atoms with Crippen LogP contribution >= 0.6 is 0 Å². The van der Waals surface area contributed by atoms with Crippen LogP contribution in [-0.2, 0) is 18.9 Å². The lowest BCUT2D eigenvalue weighted by Crippen LogP contribution is -2.61. The van der Waals surface area contributed by atoms with Gasteiger partial charge in [0.05, 0.1) is 22.3 Å². The Morgan fingerprint density at radius 3 is 1.85 bits per heavy atom. The Labute approximate surface area is 228 Å². The molecule has 3 aromatic rings. The number of nitrogens with zero attached hydrogens (tertiary/aromatic N) is 1. The molecule has 3 aromatic carbocycles. The Bertz CT molecular complexity index is 1360. The molecule has 5 atom stereocenters. The molecule has 0 bridgehead atoms. The number of ether oxygens (including phenoxy) is 4. The normalized spacial score (nSPS) is 23.9. The van der Waals surface area contributed by atoms with Crippen LogP contribution in [-0.4, -0.2) is 82.9 Å². The summed E-state index contributed by atoms with van der Waals surface area (Å²) < 4.78 is 22.2. The van der Waals surface area contributed by atoms with Crippen LogP contribution in [0.4, 0.5) is 0 Å². The molecular weight excluding hydrogens is 522 g/mol. The maximum Gasteiger partial charge on any atom is 0.338 e. The molecule has 206 valence electrons. The highest BCUT2D eigenvalue weighted by atomic mass is 16.7. The number of hydrogen-bond donors (Lipinski definition) is 2. The monoisotopic (exact) mass is 547 g/mol. The van der Waals surface area contributed by atoms with Gasteiger partial charge in [-0.1, -0.05) is 48.5 Å². The first-order chi connectivity index (χ1) is 19.3. The van der Waals surface area contributed by atoms with Crippen molar-refractivity contribution in [1.29, 1.82) is 0 Å². The second-order valence-corrected chi connectivity index (χ2v) is 9.10. The summed E-state index contributed by atoms with van der Waals surface area (Å²) in [6.07, 6.45) is -7.76. The Morgan fingerprint density at radius 1 is 0.750 bits per heavy atom. The SMILES string of the molecule is O=C(OC[C@H]1O[C@H](OCN2C(=O)c3ccccc3C2=O)[C@@H](O)[C@@H](O)[C@@H]1OC(=O)c1ccccc1)c1ccccc1. The van der Waals surface area contributed by atoms with E-state index in [0.717, 1.165) is 4.90 Å². The number of esters is 2. The quantitative estimate of drug-likeness (QED) is 0.316. The second kappa shape index (κ2) is 11.8. The summed E-state index contributed by atoms with van der Waals surface area (Å²) in [7, 11) is 0.